The molecule has 0 saturated heterocycles. The maximum atomic E-state index is 13.0. The van der Waals surface area contributed by atoms with Gasteiger partial charge in [-0.25, -0.2) is 4.98 Å². The molecule has 0 saturated carbocycles. The molecule has 2 aliphatic rings. The number of amides is 1. The highest BCUT2D eigenvalue weighted by molar-refractivity contribution is 5.78. The minimum atomic E-state index is -0.0622. The Kier molecular flexibility index (Phi) is 8.45. The molecule has 3 heterocycles. The van der Waals surface area contributed by atoms with Crippen LogP contribution in [0.15, 0.2) is 54.7 Å². The Morgan fingerprint density at radius 2 is 1.87 bits per heavy atom. The van der Waals surface area contributed by atoms with E-state index in [1.54, 1.807) is 13.3 Å². The van der Waals surface area contributed by atoms with Gasteiger partial charge in [-0.1, -0.05) is 31.0 Å². The third-order valence-corrected chi connectivity index (χ3v) is 6.50. The van der Waals surface area contributed by atoms with Crippen LogP contribution in [-0.2, 0) is 17.9 Å². The fraction of sp³-hybridized carbons (Fsp3) is 0.379. The first-order valence-electron chi connectivity index (χ1n) is 13.0. The summed E-state index contributed by atoms with van der Waals surface area (Å²) in [5, 5.41) is 3.03. The normalized spacial score (nSPS) is 15.7. The van der Waals surface area contributed by atoms with Crippen molar-refractivity contribution < 1.29 is 28.5 Å². The van der Waals surface area contributed by atoms with Crippen LogP contribution in [-0.4, -0.2) is 49.4 Å². The lowest BCUT2D eigenvalue weighted by Gasteiger charge is -2.23. The number of aromatic nitrogens is 1. The molecule has 0 bridgehead atoms. The van der Waals surface area contributed by atoms with E-state index in [1.165, 1.54) is 0 Å². The van der Waals surface area contributed by atoms with E-state index in [2.05, 4.69) is 15.2 Å². The van der Waals surface area contributed by atoms with Gasteiger partial charge in [-0.3, -0.25) is 9.69 Å². The van der Waals surface area contributed by atoms with Crippen LogP contribution in [0.1, 0.15) is 36.8 Å². The predicted molar refractivity (Wildman–Crippen MR) is 141 cm³/mol. The molecule has 0 unspecified atom stereocenters. The molecule has 1 aromatic heterocycles. The average molecular weight is 520 g/mol. The highest BCUT2D eigenvalue weighted by Gasteiger charge is 2.21. The highest BCUT2D eigenvalue weighted by atomic mass is 16.7. The molecule has 9 nitrogen and oxygen atoms in total. The monoisotopic (exact) mass is 519 g/mol. The lowest BCUT2D eigenvalue weighted by molar-refractivity contribution is -0.122. The number of methoxy groups -OCH3 is 1. The summed E-state index contributed by atoms with van der Waals surface area (Å²) in [6.07, 6.45) is 5.79. The van der Waals surface area contributed by atoms with Gasteiger partial charge in [0.15, 0.2) is 23.0 Å². The lowest BCUT2D eigenvalue weighted by Crippen LogP contribution is -2.37. The van der Waals surface area contributed by atoms with Crippen molar-refractivity contribution >= 4 is 5.91 Å². The van der Waals surface area contributed by atoms with E-state index >= 15 is 0 Å². The molecule has 1 amide bonds. The molecule has 5 rings (SSSR count). The van der Waals surface area contributed by atoms with Crippen LogP contribution in [0.5, 0.6) is 34.6 Å². The summed E-state index contributed by atoms with van der Waals surface area (Å²) in [5.41, 5.74) is 1.79. The number of hydrogen-bond donors (Lipinski definition) is 1. The Morgan fingerprint density at radius 3 is 2.76 bits per heavy atom. The number of carbonyl (C=O) groups excluding carboxylic acids is 1. The number of benzene rings is 2. The molecule has 0 radical (unpaired) electrons. The number of para-hydroxylation sites is 2. The summed E-state index contributed by atoms with van der Waals surface area (Å²) in [5.74, 6) is 3.60. The summed E-state index contributed by atoms with van der Waals surface area (Å²) in [6.45, 7) is 2.74. The second-order valence-electron chi connectivity index (χ2n) is 9.30. The number of pyridine rings is 1. The molecule has 3 aromatic rings. The summed E-state index contributed by atoms with van der Waals surface area (Å²) in [7, 11) is 1.59. The van der Waals surface area contributed by atoms with Crippen molar-refractivity contribution in [2.75, 3.05) is 33.6 Å². The first-order chi connectivity index (χ1) is 18.7. The van der Waals surface area contributed by atoms with Gasteiger partial charge in [0.1, 0.15) is 0 Å². The number of ether oxygens (including phenoxy) is 5. The van der Waals surface area contributed by atoms with Crippen LogP contribution >= 0.6 is 0 Å². The van der Waals surface area contributed by atoms with Crippen molar-refractivity contribution in [3.05, 3.63) is 65.9 Å². The van der Waals surface area contributed by atoms with Gasteiger partial charge < -0.3 is 29.0 Å². The summed E-state index contributed by atoms with van der Waals surface area (Å²) < 4.78 is 28.6. The summed E-state index contributed by atoms with van der Waals surface area (Å²) in [4.78, 5) is 19.7. The lowest BCUT2D eigenvalue weighted by atomic mass is 10.1. The van der Waals surface area contributed by atoms with Crippen molar-refractivity contribution in [2.45, 2.75) is 38.8 Å². The summed E-state index contributed by atoms with van der Waals surface area (Å²) in [6, 6.07) is 15.3. The SMILES string of the molecule is COc1cc(CNC(=O)CN2CCCCCCOc3ccccc3Oc3ncccc3C2)cc2c1OCO2. The average Bonchev–Trinajstić information content (AvgIpc) is 3.41. The molecule has 2 aliphatic heterocycles. The van der Waals surface area contributed by atoms with Crippen LogP contribution in [0.4, 0.5) is 0 Å². The maximum Gasteiger partial charge on any atom is 0.234 e. The fourth-order valence-corrected chi connectivity index (χ4v) is 4.57. The van der Waals surface area contributed by atoms with Crippen LogP contribution in [0, 0.1) is 0 Å². The molecule has 200 valence electrons. The van der Waals surface area contributed by atoms with Crippen molar-refractivity contribution in [1.29, 1.82) is 0 Å². The quantitative estimate of drug-likeness (QED) is 0.520. The number of nitrogens with one attached hydrogen (secondary N) is 1. The highest BCUT2D eigenvalue weighted by Crippen LogP contribution is 2.41. The molecular formula is C29H33N3O6. The second kappa shape index (κ2) is 12.5. The Labute approximate surface area is 222 Å². The number of rotatable bonds is 5. The molecule has 9 heteroatoms. The molecule has 0 atom stereocenters. The van der Waals surface area contributed by atoms with Gasteiger partial charge >= 0.3 is 0 Å². The standard InChI is InChI=1S/C29H33N3O6/c1-34-25-15-21(16-26-28(25)37-20-36-26)17-31-27(33)19-32-13-6-2-3-7-14-35-23-10-4-5-11-24(23)38-29-22(18-32)9-8-12-30-29/h4-5,8-12,15-16H,2-3,6-7,13-14,17-20H2,1H3,(H,31,33). The minimum absolute atomic E-state index is 0.0622. The maximum absolute atomic E-state index is 13.0. The van der Waals surface area contributed by atoms with E-state index in [0.717, 1.165) is 43.4 Å². The van der Waals surface area contributed by atoms with Crippen LogP contribution < -0.4 is 29.0 Å². The fourth-order valence-electron chi connectivity index (χ4n) is 4.57. The third kappa shape index (κ3) is 6.47. The van der Waals surface area contributed by atoms with Gasteiger partial charge in [0.25, 0.3) is 0 Å². The molecule has 2 aromatic carbocycles. The van der Waals surface area contributed by atoms with E-state index in [0.29, 0.717) is 54.3 Å². The van der Waals surface area contributed by atoms with Gasteiger partial charge in [0.05, 0.1) is 20.3 Å². The first kappa shape index (κ1) is 25.7. The van der Waals surface area contributed by atoms with Crippen LogP contribution in [0.3, 0.4) is 0 Å². The van der Waals surface area contributed by atoms with E-state index in [9.17, 15) is 4.79 Å². The number of fused-ring (bicyclic) bond motifs is 3. The Balaban J connectivity index is 1.28. The number of carbonyl (C=O) groups is 1. The van der Waals surface area contributed by atoms with Gasteiger partial charge in [-0.05, 0) is 55.3 Å². The zero-order valence-electron chi connectivity index (χ0n) is 21.6. The topological polar surface area (TPSA) is 91.4 Å². The zero-order chi connectivity index (χ0) is 26.2. The molecule has 38 heavy (non-hydrogen) atoms. The smallest absolute Gasteiger partial charge is 0.234 e. The summed E-state index contributed by atoms with van der Waals surface area (Å²) >= 11 is 0. The van der Waals surface area contributed by atoms with E-state index in [1.807, 2.05) is 48.5 Å². The molecule has 0 spiro atoms. The third-order valence-electron chi connectivity index (χ3n) is 6.50. The number of nitrogens with zero attached hydrogens (tertiary/aromatic N) is 2. The predicted octanol–water partition coefficient (Wildman–Crippen LogP) is 4.68. The van der Waals surface area contributed by atoms with Crippen molar-refractivity contribution in [3.63, 3.8) is 0 Å². The van der Waals surface area contributed by atoms with Gasteiger partial charge in [0.2, 0.25) is 24.3 Å². The minimum Gasteiger partial charge on any atom is -0.493 e. The van der Waals surface area contributed by atoms with E-state index < -0.39 is 0 Å². The second-order valence-corrected chi connectivity index (χ2v) is 9.30. The van der Waals surface area contributed by atoms with Crippen molar-refractivity contribution in [2.24, 2.45) is 0 Å². The largest absolute Gasteiger partial charge is 0.493 e. The molecule has 1 N–H and O–H groups in total. The molecule has 0 fully saturated rings. The molecular weight excluding hydrogens is 486 g/mol. The Hall–Kier alpha value is -3.98. The van der Waals surface area contributed by atoms with E-state index in [-0.39, 0.29) is 19.2 Å². The van der Waals surface area contributed by atoms with Gasteiger partial charge in [0, 0.05) is 24.8 Å². The van der Waals surface area contributed by atoms with E-state index in [4.69, 9.17) is 23.7 Å². The molecule has 0 aliphatic carbocycles. The van der Waals surface area contributed by atoms with Crippen LogP contribution in [0.2, 0.25) is 0 Å². The zero-order valence-corrected chi connectivity index (χ0v) is 21.6. The van der Waals surface area contributed by atoms with Gasteiger partial charge in [-0.15, -0.1) is 0 Å². The first-order valence-corrected chi connectivity index (χ1v) is 13.0. The number of hydrogen-bond acceptors (Lipinski definition) is 8. The Morgan fingerprint density at radius 1 is 1.00 bits per heavy atom. The van der Waals surface area contributed by atoms with Crippen molar-refractivity contribution in [3.8, 4) is 34.6 Å². The van der Waals surface area contributed by atoms with Crippen molar-refractivity contribution in [1.82, 2.24) is 15.2 Å². The van der Waals surface area contributed by atoms with Gasteiger partial charge in [-0.2, -0.15) is 0 Å². The van der Waals surface area contributed by atoms with Crippen LogP contribution in [0.25, 0.3) is 0 Å². The Bertz CT molecular complexity index is 1250.